The van der Waals surface area contributed by atoms with Gasteiger partial charge in [0.25, 0.3) is 5.91 Å². The van der Waals surface area contributed by atoms with Crippen LogP contribution in [0.15, 0.2) is 50.4 Å². The predicted octanol–water partition coefficient (Wildman–Crippen LogP) is 8.60. The molecule has 190 valence electrons. The number of carbonyl (C=O) groups is 1. The number of nitrogens with one attached hydrogen (secondary N) is 1. The number of hydrazone groups is 1. The van der Waals surface area contributed by atoms with Gasteiger partial charge in [0.05, 0.1) is 32.9 Å². The Bertz CT molecular complexity index is 1320. The van der Waals surface area contributed by atoms with Crippen molar-refractivity contribution in [2.24, 2.45) is 5.10 Å². The molecule has 6 nitrogen and oxygen atoms in total. The molecule has 0 radical (unpaired) electrons. The molecule has 3 rings (SSSR count). The summed E-state index contributed by atoms with van der Waals surface area (Å²) in [6, 6.07) is 9.85. The minimum atomic E-state index is -0.526. The van der Waals surface area contributed by atoms with Gasteiger partial charge in [-0.05, 0) is 61.7 Å². The molecule has 0 aliphatic rings. The molecular formula is C23H15Br2Cl5N2O4. The molecule has 0 unspecified atom stereocenters. The molecule has 0 saturated carbocycles. The molecule has 0 saturated heterocycles. The second-order valence-corrected chi connectivity index (χ2v) is 10.6. The molecule has 0 heterocycles. The van der Waals surface area contributed by atoms with E-state index >= 15 is 0 Å². The average molecular weight is 720 g/mol. The number of carbonyl (C=O) groups excluding carboxylic acids is 1. The second kappa shape index (κ2) is 13.4. The van der Waals surface area contributed by atoms with Crippen molar-refractivity contribution in [2.45, 2.75) is 6.61 Å². The molecule has 0 spiro atoms. The Labute approximate surface area is 249 Å². The zero-order chi connectivity index (χ0) is 26.4. The minimum absolute atomic E-state index is 0.153. The SMILES string of the molecule is COc1cc(/C=N\NC(=O)COc2cc(Cl)cc(Cl)c2Cl)c(Br)c(Br)c1OCc1ccc(Cl)c(Cl)c1. The van der Waals surface area contributed by atoms with E-state index in [2.05, 4.69) is 42.4 Å². The molecule has 0 aliphatic carbocycles. The van der Waals surface area contributed by atoms with E-state index in [-0.39, 0.29) is 29.0 Å². The van der Waals surface area contributed by atoms with E-state index in [0.717, 1.165) is 5.56 Å². The van der Waals surface area contributed by atoms with Gasteiger partial charge in [0.15, 0.2) is 18.1 Å². The largest absolute Gasteiger partial charge is 0.493 e. The van der Waals surface area contributed by atoms with Crippen molar-refractivity contribution in [1.29, 1.82) is 0 Å². The van der Waals surface area contributed by atoms with Gasteiger partial charge < -0.3 is 14.2 Å². The Kier molecular flexibility index (Phi) is 10.9. The fourth-order valence-electron chi connectivity index (χ4n) is 2.76. The minimum Gasteiger partial charge on any atom is -0.493 e. The topological polar surface area (TPSA) is 69.2 Å². The van der Waals surface area contributed by atoms with Gasteiger partial charge in [-0.2, -0.15) is 5.10 Å². The summed E-state index contributed by atoms with van der Waals surface area (Å²) in [5, 5.41) is 5.55. The van der Waals surface area contributed by atoms with Crippen molar-refractivity contribution >= 4 is 102 Å². The summed E-state index contributed by atoms with van der Waals surface area (Å²) in [6.07, 6.45) is 1.43. The highest BCUT2D eigenvalue weighted by Gasteiger charge is 2.17. The molecule has 1 amide bonds. The van der Waals surface area contributed by atoms with Crippen LogP contribution in [0.4, 0.5) is 0 Å². The van der Waals surface area contributed by atoms with Crippen LogP contribution in [-0.2, 0) is 11.4 Å². The molecule has 36 heavy (non-hydrogen) atoms. The fraction of sp³-hybridized carbons (Fsp3) is 0.130. The first-order chi connectivity index (χ1) is 17.1. The first-order valence-corrected chi connectivity index (χ1v) is 13.3. The van der Waals surface area contributed by atoms with Crippen LogP contribution >= 0.6 is 89.9 Å². The Morgan fingerprint density at radius 3 is 2.39 bits per heavy atom. The van der Waals surface area contributed by atoms with Gasteiger partial charge in [-0.1, -0.05) is 64.1 Å². The van der Waals surface area contributed by atoms with Crippen LogP contribution in [0.3, 0.4) is 0 Å². The van der Waals surface area contributed by atoms with E-state index in [9.17, 15) is 4.79 Å². The summed E-state index contributed by atoms with van der Waals surface area (Å²) in [7, 11) is 1.51. The number of halogens is 7. The molecule has 1 N–H and O–H groups in total. The van der Waals surface area contributed by atoms with Crippen LogP contribution < -0.4 is 19.6 Å². The van der Waals surface area contributed by atoms with Crippen LogP contribution in [0.2, 0.25) is 25.1 Å². The van der Waals surface area contributed by atoms with Crippen LogP contribution in [0.25, 0.3) is 0 Å². The molecule has 0 aliphatic heterocycles. The van der Waals surface area contributed by atoms with E-state index in [0.29, 0.717) is 41.1 Å². The Hall–Kier alpha value is -1.39. The third kappa shape index (κ3) is 7.57. The van der Waals surface area contributed by atoms with Crippen molar-refractivity contribution in [2.75, 3.05) is 13.7 Å². The standard InChI is InChI=1S/C23H15Br2Cl5N2O4/c1-34-18-5-12(8-31-32-19(33)10-35-17-7-13(26)6-16(29)22(17)30)20(24)21(25)23(18)36-9-11-2-3-14(27)15(28)4-11/h2-8H,9-10H2,1H3,(H,32,33)/b31-8-. The van der Waals surface area contributed by atoms with Crippen molar-refractivity contribution in [3.05, 3.63) is 81.6 Å². The highest BCUT2D eigenvalue weighted by molar-refractivity contribution is 9.13. The lowest BCUT2D eigenvalue weighted by Crippen LogP contribution is -2.24. The van der Waals surface area contributed by atoms with Gasteiger partial charge in [0.1, 0.15) is 17.4 Å². The molecule has 3 aromatic rings. The summed E-state index contributed by atoms with van der Waals surface area (Å²) in [4.78, 5) is 12.1. The Morgan fingerprint density at radius 2 is 1.69 bits per heavy atom. The molecular weight excluding hydrogens is 705 g/mol. The van der Waals surface area contributed by atoms with Gasteiger partial charge in [0, 0.05) is 21.1 Å². The number of benzene rings is 3. The zero-order valence-electron chi connectivity index (χ0n) is 18.2. The summed E-state index contributed by atoms with van der Waals surface area (Å²) in [5.74, 6) is 0.555. The summed E-state index contributed by atoms with van der Waals surface area (Å²) < 4.78 is 18.0. The third-order valence-electron chi connectivity index (χ3n) is 4.45. The molecule has 0 bridgehead atoms. The van der Waals surface area contributed by atoms with Crippen molar-refractivity contribution < 1.29 is 19.0 Å². The lowest BCUT2D eigenvalue weighted by atomic mass is 10.2. The molecule has 13 heteroatoms. The molecule has 0 fully saturated rings. The second-order valence-electron chi connectivity index (χ2n) is 6.94. The summed E-state index contributed by atoms with van der Waals surface area (Å²) in [5.41, 5.74) is 3.80. The van der Waals surface area contributed by atoms with Crippen molar-refractivity contribution in [3.8, 4) is 17.2 Å². The van der Waals surface area contributed by atoms with Crippen LogP contribution in [-0.4, -0.2) is 25.8 Å². The highest BCUT2D eigenvalue weighted by Crippen LogP contribution is 2.43. The number of nitrogens with zero attached hydrogens (tertiary/aromatic N) is 1. The maximum Gasteiger partial charge on any atom is 0.277 e. The lowest BCUT2D eigenvalue weighted by molar-refractivity contribution is -0.123. The predicted molar refractivity (Wildman–Crippen MR) is 152 cm³/mol. The molecule has 0 aromatic heterocycles. The molecule has 3 aromatic carbocycles. The van der Waals surface area contributed by atoms with E-state index in [1.54, 1.807) is 18.2 Å². The third-order valence-corrected chi connectivity index (χ3v) is 8.34. The monoisotopic (exact) mass is 716 g/mol. The van der Waals surface area contributed by atoms with E-state index in [4.69, 9.17) is 72.2 Å². The average Bonchev–Trinajstić information content (AvgIpc) is 2.84. The number of ether oxygens (including phenoxy) is 3. The first kappa shape index (κ1) is 29.2. The van der Waals surface area contributed by atoms with Gasteiger partial charge in [-0.25, -0.2) is 5.43 Å². The Morgan fingerprint density at radius 1 is 0.944 bits per heavy atom. The van der Waals surface area contributed by atoms with Gasteiger partial charge in [-0.3, -0.25) is 4.79 Å². The van der Waals surface area contributed by atoms with E-state index in [1.807, 2.05) is 6.07 Å². The number of amides is 1. The van der Waals surface area contributed by atoms with Gasteiger partial charge in [-0.15, -0.1) is 0 Å². The summed E-state index contributed by atoms with van der Waals surface area (Å²) >= 11 is 37.0. The van der Waals surface area contributed by atoms with Gasteiger partial charge >= 0.3 is 0 Å². The van der Waals surface area contributed by atoms with Crippen molar-refractivity contribution in [1.82, 2.24) is 5.43 Å². The van der Waals surface area contributed by atoms with Gasteiger partial charge in [0.2, 0.25) is 0 Å². The number of hydrogen-bond donors (Lipinski definition) is 1. The first-order valence-electron chi connectivity index (χ1n) is 9.82. The highest BCUT2D eigenvalue weighted by atomic mass is 79.9. The quantitative estimate of drug-likeness (QED) is 0.137. The maximum absolute atomic E-state index is 12.1. The number of hydrogen-bond acceptors (Lipinski definition) is 5. The summed E-state index contributed by atoms with van der Waals surface area (Å²) in [6.45, 7) is -0.132. The fourth-order valence-corrected chi connectivity index (χ4v) is 4.65. The maximum atomic E-state index is 12.1. The van der Waals surface area contributed by atoms with E-state index < -0.39 is 5.91 Å². The lowest BCUT2D eigenvalue weighted by Gasteiger charge is -2.15. The van der Waals surface area contributed by atoms with Crippen LogP contribution in [0, 0.1) is 0 Å². The normalized spacial score (nSPS) is 11.0. The van der Waals surface area contributed by atoms with Crippen molar-refractivity contribution in [3.63, 3.8) is 0 Å². The van der Waals surface area contributed by atoms with Crippen LogP contribution in [0.1, 0.15) is 11.1 Å². The number of rotatable bonds is 9. The number of methoxy groups -OCH3 is 1. The van der Waals surface area contributed by atoms with E-state index in [1.165, 1.54) is 25.5 Å². The Balaban J connectivity index is 1.66. The van der Waals surface area contributed by atoms with Crippen LogP contribution in [0.5, 0.6) is 17.2 Å². The smallest absolute Gasteiger partial charge is 0.277 e. The zero-order valence-corrected chi connectivity index (χ0v) is 25.1. The molecule has 0 atom stereocenters.